The number of alkyl halides is 1. The number of ether oxygens (including phenoxy) is 2. The smallest absolute Gasteiger partial charge is 0.338 e. The van der Waals surface area contributed by atoms with Gasteiger partial charge in [0.05, 0.1) is 18.1 Å². The van der Waals surface area contributed by atoms with E-state index in [0.717, 1.165) is 0 Å². The highest BCUT2D eigenvalue weighted by Gasteiger charge is 2.37. The summed E-state index contributed by atoms with van der Waals surface area (Å²) in [6.45, 7) is 3.34. The highest BCUT2D eigenvalue weighted by atomic mass is 79.9. The number of nitriles is 1. The Bertz CT molecular complexity index is 781. The summed E-state index contributed by atoms with van der Waals surface area (Å²) in [5, 5.41) is 9.75. The molecule has 0 aliphatic carbocycles. The molecule has 0 radical (unpaired) electrons. The van der Waals surface area contributed by atoms with Gasteiger partial charge in [-0.25, -0.2) is 9.18 Å². The molecular weight excluding hydrogens is 379 g/mol. The van der Waals surface area contributed by atoms with E-state index >= 15 is 0 Å². The van der Waals surface area contributed by atoms with E-state index in [2.05, 4.69) is 15.9 Å². The van der Waals surface area contributed by atoms with Crippen molar-refractivity contribution in [2.24, 2.45) is 5.73 Å². The Kier molecular flexibility index (Phi) is 5.62. The molecule has 1 unspecified atom stereocenters. The molecular formula is C17H16BrFN2O3. The molecule has 1 atom stereocenters. The minimum atomic E-state index is -0.971. The molecule has 1 aromatic carbocycles. The summed E-state index contributed by atoms with van der Waals surface area (Å²) >= 11 is 3.22. The van der Waals surface area contributed by atoms with Crippen LogP contribution in [0, 0.1) is 17.1 Å². The van der Waals surface area contributed by atoms with Gasteiger partial charge in [0, 0.05) is 10.9 Å². The molecule has 0 bridgehead atoms. The lowest BCUT2D eigenvalue weighted by Gasteiger charge is -2.27. The number of carbonyl (C=O) groups excluding carboxylic acids is 1. The number of esters is 1. The molecule has 5 nitrogen and oxygen atoms in total. The van der Waals surface area contributed by atoms with Crippen molar-refractivity contribution in [1.82, 2.24) is 0 Å². The molecule has 1 aromatic rings. The summed E-state index contributed by atoms with van der Waals surface area (Å²) in [6.07, 6.45) is 0. The van der Waals surface area contributed by atoms with E-state index in [-0.39, 0.29) is 35.0 Å². The van der Waals surface area contributed by atoms with Gasteiger partial charge in [-0.05, 0) is 19.4 Å². The Morgan fingerprint density at radius 1 is 1.54 bits per heavy atom. The fourth-order valence-corrected chi connectivity index (χ4v) is 3.02. The highest BCUT2D eigenvalue weighted by Crippen LogP contribution is 2.41. The molecule has 1 aliphatic rings. The summed E-state index contributed by atoms with van der Waals surface area (Å²) in [6, 6.07) is 6.72. The number of nitrogens with two attached hydrogens (primary N) is 1. The standard InChI is InChI=1S/C17H16BrFN2O3/c1-3-23-17(22)13-9(2)24-16(21)12(8-20)14(13)11-6-4-5-10(7-18)15(11)19/h4-6,14H,3,7,21H2,1-2H3. The molecule has 24 heavy (non-hydrogen) atoms. The van der Waals surface area contributed by atoms with E-state index in [1.807, 2.05) is 6.07 Å². The monoisotopic (exact) mass is 394 g/mol. The third kappa shape index (κ3) is 3.15. The lowest BCUT2D eigenvalue weighted by atomic mass is 9.82. The summed E-state index contributed by atoms with van der Waals surface area (Å²) in [7, 11) is 0. The SMILES string of the molecule is CCOC(=O)C1=C(C)OC(N)=C(C#N)C1c1cccc(CBr)c1F. The van der Waals surface area contributed by atoms with E-state index in [1.54, 1.807) is 19.1 Å². The van der Waals surface area contributed by atoms with Gasteiger partial charge >= 0.3 is 5.97 Å². The summed E-state index contributed by atoms with van der Waals surface area (Å²) in [5.41, 5.74) is 6.43. The van der Waals surface area contributed by atoms with Gasteiger partial charge in [0.25, 0.3) is 0 Å². The van der Waals surface area contributed by atoms with Gasteiger partial charge in [0.1, 0.15) is 23.2 Å². The van der Waals surface area contributed by atoms with Crippen molar-refractivity contribution in [3.8, 4) is 6.07 Å². The molecule has 2 N–H and O–H groups in total. The van der Waals surface area contributed by atoms with E-state index in [0.29, 0.717) is 10.9 Å². The Morgan fingerprint density at radius 3 is 2.83 bits per heavy atom. The maximum atomic E-state index is 14.8. The van der Waals surface area contributed by atoms with Gasteiger partial charge in [-0.3, -0.25) is 0 Å². The van der Waals surface area contributed by atoms with Gasteiger partial charge in [0.15, 0.2) is 0 Å². The first-order valence-electron chi connectivity index (χ1n) is 7.24. The lowest BCUT2D eigenvalue weighted by Crippen LogP contribution is -2.26. The van der Waals surface area contributed by atoms with Gasteiger partial charge in [-0.15, -0.1) is 0 Å². The van der Waals surface area contributed by atoms with E-state index < -0.39 is 17.7 Å². The van der Waals surface area contributed by atoms with Crippen LogP contribution in [-0.2, 0) is 19.6 Å². The van der Waals surface area contributed by atoms with Crippen molar-refractivity contribution in [3.05, 3.63) is 57.9 Å². The Balaban J connectivity index is 2.70. The van der Waals surface area contributed by atoms with Crippen LogP contribution in [0.15, 0.2) is 41.0 Å². The maximum Gasteiger partial charge on any atom is 0.338 e. The molecule has 2 rings (SSSR count). The van der Waals surface area contributed by atoms with Crippen molar-refractivity contribution in [2.45, 2.75) is 25.1 Å². The Morgan fingerprint density at radius 2 is 2.25 bits per heavy atom. The number of carbonyl (C=O) groups is 1. The Hall–Kier alpha value is -2.33. The molecule has 126 valence electrons. The minimum Gasteiger partial charge on any atom is -0.463 e. The molecule has 7 heteroatoms. The first kappa shape index (κ1) is 18.0. The molecule has 0 saturated heterocycles. The summed E-state index contributed by atoms with van der Waals surface area (Å²) < 4.78 is 25.2. The van der Waals surface area contributed by atoms with E-state index in [4.69, 9.17) is 15.2 Å². The lowest BCUT2D eigenvalue weighted by molar-refractivity contribution is -0.139. The number of hydrogen-bond donors (Lipinski definition) is 1. The summed E-state index contributed by atoms with van der Waals surface area (Å²) in [4.78, 5) is 12.4. The quantitative estimate of drug-likeness (QED) is 0.624. The first-order valence-corrected chi connectivity index (χ1v) is 8.37. The predicted octanol–water partition coefficient (Wildman–Crippen LogP) is 3.37. The average Bonchev–Trinajstić information content (AvgIpc) is 2.54. The number of benzene rings is 1. The van der Waals surface area contributed by atoms with Crippen LogP contribution in [0.25, 0.3) is 0 Å². The molecule has 0 spiro atoms. The van der Waals surface area contributed by atoms with Crippen LogP contribution in [-0.4, -0.2) is 12.6 Å². The zero-order valence-electron chi connectivity index (χ0n) is 13.2. The zero-order chi connectivity index (χ0) is 17.9. The maximum absolute atomic E-state index is 14.8. The van der Waals surface area contributed by atoms with Crippen LogP contribution < -0.4 is 5.73 Å². The number of allylic oxidation sites excluding steroid dienone is 2. The van der Waals surface area contributed by atoms with Crippen molar-refractivity contribution < 1.29 is 18.7 Å². The third-order valence-electron chi connectivity index (χ3n) is 3.66. The zero-order valence-corrected chi connectivity index (χ0v) is 14.8. The molecule has 0 amide bonds. The van der Waals surface area contributed by atoms with Crippen LogP contribution >= 0.6 is 15.9 Å². The highest BCUT2D eigenvalue weighted by molar-refractivity contribution is 9.08. The molecule has 0 aromatic heterocycles. The van der Waals surface area contributed by atoms with Crippen LogP contribution in [0.2, 0.25) is 0 Å². The molecule has 1 aliphatic heterocycles. The van der Waals surface area contributed by atoms with Crippen LogP contribution in [0.4, 0.5) is 4.39 Å². The topological polar surface area (TPSA) is 85.3 Å². The number of nitrogens with zero attached hydrogens (tertiary/aromatic N) is 1. The van der Waals surface area contributed by atoms with Crippen LogP contribution in [0.1, 0.15) is 30.9 Å². The van der Waals surface area contributed by atoms with Crippen molar-refractivity contribution in [2.75, 3.05) is 6.61 Å². The number of hydrogen-bond acceptors (Lipinski definition) is 5. The average molecular weight is 395 g/mol. The molecule has 0 saturated carbocycles. The van der Waals surface area contributed by atoms with Crippen molar-refractivity contribution in [3.63, 3.8) is 0 Å². The van der Waals surface area contributed by atoms with E-state index in [1.165, 1.54) is 13.0 Å². The second-order valence-corrected chi connectivity index (χ2v) is 5.63. The van der Waals surface area contributed by atoms with E-state index in [9.17, 15) is 14.4 Å². The minimum absolute atomic E-state index is 0.0192. The van der Waals surface area contributed by atoms with Crippen LogP contribution in [0.3, 0.4) is 0 Å². The largest absolute Gasteiger partial charge is 0.463 e. The normalized spacial score (nSPS) is 17.4. The fourth-order valence-electron chi connectivity index (χ4n) is 2.59. The second kappa shape index (κ2) is 7.49. The predicted molar refractivity (Wildman–Crippen MR) is 89.0 cm³/mol. The fraction of sp³-hybridized carbons (Fsp3) is 0.294. The van der Waals surface area contributed by atoms with Crippen molar-refractivity contribution >= 4 is 21.9 Å². The summed E-state index contributed by atoms with van der Waals surface area (Å²) in [5.74, 6) is -2.09. The first-order chi connectivity index (χ1) is 11.5. The molecule has 0 fully saturated rings. The van der Waals surface area contributed by atoms with Gasteiger partial charge < -0.3 is 15.2 Å². The van der Waals surface area contributed by atoms with Gasteiger partial charge in [-0.1, -0.05) is 34.1 Å². The number of halogens is 2. The number of rotatable bonds is 4. The van der Waals surface area contributed by atoms with Gasteiger partial charge in [-0.2, -0.15) is 5.26 Å². The van der Waals surface area contributed by atoms with Crippen LogP contribution in [0.5, 0.6) is 0 Å². The van der Waals surface area contributed by atoms with Crippen molar-refractivity contribution in [1.29, 1.82) is 5.26 Å². The van der Waals surface area contributed by atoms with Gasteiger partial charge in [0.2, 0.25) is 5.88 Å². The second-order valence-electron chi connectivity index (χ2n) is 5.07. The third-order valence-corrected chi connectivity index (χ3v) is 4.27. The molecule has 1 heterocycles. The Labute approximate surface area is 147 Å².